The highest BCUT2D eigenvalue weighted by Gasteiger charge is 2.27. The highest BCUT2D eigenvalue weighted by atomic mass is 19.3. The van der Waals surface area contributed by atoms with Crippen LogP contribution in [0.15, 0.2) is 6.07 Å². The number of rotatable bonds is 6. The Bertz CT molecular complexity index is 373. The summed E-state index contributed by atoms with van der Waals surface area (Å²) in [5.41, 5.74) is 5.53. The van der Waals surface area contributed by atoms with Gasteiger partial charge in [0.15, 0.2) is 0 Å². The molecule has 0 aromatic carbocycles. The van der Waals surface area contributed by atoms with Crippen LogP contribution in [-0.2, 0) is 6.42 Å². The second-order valence-corrected chi connectivity index (χ2v) is 3.71. The van der Waals surface area contributed by atoms with Crippen LogP contribution >= 0.6 is 0 Å². The number of anilines is 2. The molecule has 0 radical (unpaired) electrons. The zero-order valence-electron chi connectivity index (χ0n) is 9.58. The van der Waals surface area contributed by atoms with Gasteiger partial charge in [-0.05, 0) is 6.42 Å². The van der Waals surface area contributed by atoms with Crippen LogP contribution in [0, 0.1) is 0 Å². The summed E-state index contributed by atoms with van der Waals surface area (Å²) >= 11 is 0. The fourth-order valence-corrected chi connectivity index (χ4v) is 1.22. The smallest absolute Gasteiger partial charge is 0.287 e. The number of nitrogens with two attached hydrogens (primary N) is 1. The summed E-state index contributed by atoms with van der Waals surface area (Å²) in [4.78, 5) is 8.02. The lowest BCUT2D eigenvalue weighted by atomic mass is 10.3. The van der Waals surface area contributed by atoms with Crippen molar-refractivity contribution in [2.45, 2.75) is 25.7 Å². The van der Waals surface area contributed by atoms with Crippen molar-refractivity contribution in [1.82, 2.24) is 9.97 Å². The molecule has 4 N–H and O–H groups in total. The molecular weight excluding hydrogens is 230 g/mol. The standard InChI is InChI=1S/C10H16F2N4O/c1-2-3-8-15-7(13)4-9(16-8)14-5-10(11,12)6-17/h4,17H,2-3,5-6H2,1H3,(H3,13,14,15,16). The maximum absolute atomic E-state index is 12.8. The number of nitrogens with one attached hydrogen (secondary N) is 1. The SMILES string of the molecule is CCCc1nc(N)cc(NCC(F)(F)CO)n1. The van der Waals surface area contributed by atoms with E-state index in [0.29, 0.717) is 12.2 Å². The Kier molecular flexibility index (Phi) is 4.56. The fourth-order valence-electron chi connectivity index (χ4n) is 1.22. The maximum Gasteiger partial charge on any atom is 0.287 e. The summed E-state index contributed by atoms with van der Waals surface area (Å²) in [5.74, 6) is -2.18. The minimum Gasteiger partial charge on any atom is -0.390 e. The van der Waals surface area contributed by atoms with Gasteiger partial charge in [-0.3, -0.25) is 0 Å². The summed E-state index contributed by atoms with van der Waals surface area (Å²) in [7, 11) is 0. The van der Waals surface area contributed by atoms with E-state index in [0.717, 1.165) is 6.42 Å². The number of aliphatic hydroxyl groups excluding tert-OH is 1. The molecular formula is C10H16F2N4O. The third-order valence-corrected chi connectivity index (χ3v) is 2.03. The average molecular weight is 246 g/mol. The number of hydrogen-bond acceptors (Lipinski definition) is 5. The van der Waals surface area contributed by atoms with Crippen molar-refractivity contribution < 1.29 is 13.9 Å². The lowest BCUT2D eigenvalue weighted by molar-refractivity contribution is -0.0373. The molecule has 0 aliphatic carbocycles. The zero-order chi connectivity index (χ0) is 12.9. The van der Waals surface area contributed by atoms with E-state index in [9.17, 15) is 8.78 Å². The third-order valence-electron chi connectivity index (χ3n) is 2.03. The van der Waals surface area contributed by atoms with E-state index in [1.807, 2.05) is 6.92 Å². The van der Waals surface area contributed by atoms with Gasteiger partial charge in [0.1, 0.15) is 24.1 Å². The zero-order valence-corrected chi connectivity index (χ0v) is 9.58. The van der Waals surface area contributed by atoms with Crippen LogP contribution in [0.4, 0.5) is 20.4 Å². The van der Waals surface area contributed by atoms with Gasteiger partial charge in [0.2, 0.25) is 0 Å². The van der Waals surface area contributed by atoms with Crippen molar-refractivity contribution >= 4 is 11.6 Å². The Hall–Kier alpha value is -1.50. The van der Waals surface area contributed by atoms with Crippen LogP contribution in [0.3, 0.4) is 0 Å². The largest absolute Gasteiger partial charge is 0.390 e. The maximum atomic E-state index is 12.8. The molecule has 1 rings (SSSR count). The van der Waals surface area contributed by atoms with Gasteiger partial charge in [0.05, 0.1) is 6.54 Å². The Balaban J connectivity index is 2.70. The second kappa shape index (κ2) is 5.72. The van der Waals surface area contributed by atoms with Crippen molar-refractivity contribution in [2.24, 2.45) is 0 Å². The molecule has 0 amide bonds. The molecule has 5 nitrogen and oxygen atoms in total. The van der Waals surface area contributed by atoms with Crippen molar-refractivity contribution in [1.29, 1.82) is 0 Å². The summed E-state index contributed by atoms with van der Waals surface area (Å²) in [6, 6.07) is 1.38. The van der Waals surface area contributed by atoms with Crippen LogP contribution < -0.4 is 11.1 Å². The first-order chi connectivity index (χ1) is 7.96. The molecule has 0 fully saturated rings. The van der Waals surface area contributed by atoms with Crippen molar-refractivity contribution in [2.75, 3.05) is 24.2 Å². The summed E-state index contributed by atoms with van der Waals surface area (Å²) in [6.07, 6.45) is 1.48. The lowest BCUT2D eigenvalue weighted by Crippen LogP contribution is -2.31. The number of aliphatic hydroxyl groups is 1. The molecule has 0 aliphatic rings. The fraction of sp³-hybridized carbons (Fsp3) is 0.600. The van der Waals surface area contributed by atoms with Crippen molar-refractivity contribution in [3.8, 4) is 0 Å². The van der Waals surface area contributed by atoms with Gasteiger partial charge in [-0.15, -0.1) is 0 Å². The van der Waals surface area contributed by atoms with Crippen LogP contribution in [0.25, 0.3) is 0 Å². The van der Waals surface area contributed by atoms with Crippen molar-refractivity contribution in [3.05, 3.63) is 11.9 Å². The molecule has 96 valence electrons. The van der Waals surface area contributed by atoms with Gasteiger partial charge in [-0.1, -0.05) is 6.92 Å². The van der Waals surface area contributed by atoms with E-state index in [1.54, 1.807) is 0 Å². The van der Waals surface area contributed by atoms with Crippen molar-refractivity contribution in [3.63, 3.8) is 0 Å². The van der Waals surface area contributed by atoms with Crippen LogP contribution in [-0.4, -0.2) is 34.1 Å². The molecule has 0 aliphatic heterocycles. The molecule has 0 saturated heterocycles. The van der Waals surface area contributed by atoms with E-state index in [4.69, 9.17) is 10.8 Å². The molecule has 17 heavy (non-hydrogen) atoms. The molecule has 0 unspecified atom stereocenters. The third kappa shape index (κ3) is 4.48. The van der Waals surface area contributed by atoms with Gasteiger partial charge in [0.25, 0.3) is 5.92 Å². The minimum atomic E-state index is -3.18. The second-order valence-electron chi connectivity index (χ2n) is 3.71. The van der Waals surface area contributed by atoms with E-state index >= 15 is 0 Å². The minimum absolute atomic E-state index is 0.235. The first-order valence-corrected chi connectivity index (χ1v) is 5.33. The summed E-state index contributed by atoms with van der Waals surface area (Å²) in [5, 5.41) is 10.9. The molecule has 0 bridgehead atoms. The molecule has 1 heterocycles. The Morgan fingerprint density at radius 1 is 1.47 bits per heavy atom. The number of nitrogens with zero attached hydrogens (tertiary/aromatic N) is 2. The Morgan fingerprint density at radius 3 is 2.76 bits per heavy atom. The van der Waals surface area contributed by atoms with E-state index in [2.05, 4.69) is 15.3 Å². The topological polar surface area (TPSA) is 84.1 Å². The average Bonchev–Trinajstić information content (AvgIpc) is 2.26. The highest BCUT2D eigenvalue weighted by Crippen LogP contribution is 2.15. The van der Waals surface area contributed by atoms with Crippen LogP contribution in [0.2, 0.25) is 0 Å². The predicted molar refractivity (Wildman–Crippen MR) is 61.0 cm³/mol. The number of alkyl halides is 2. The normalized spacial score (nSPS) is 11.5. The molecule has 0 atom stereocenters. The predicted octanol–water partition coefficient (Wildman–Crippen LogP) is 1.05. The van der Waals surface area contributed by atoms with Gasteiger partial charge in [0, 0.05) is 12.5 Å². The van der Waals surface area contributed by atoms with E-state index in [-0.39, 0.29) is 11.6 Å². The Labute approximate surface area is 98.1 Å². The summed E-state index contributed by atoms with van der Waals surface area (Å²) in [6.45, 7) is 0.0630. The lowest BCUT2D eigenvalue weighted by Gasteiger charge is -2.14. The number of nitrogen functional groups attached to an aromatic ring is 1. The number of hydrogen-bond donors (Lipinski definition) is 3. The van der Waals surface area contributed by atoms with Gasteiger partial charge < -0.3 is 16.2 Å². The molecule has 7 heteroatoms. The van der Waals surface area contributed by atoms with Gasteiger partial charge in [-0.2, -0.15) is 0 Å². The van der Waals surface area contributed by atoms with Gasteiger partial charge in [-0.25, -0.2) is 18.7 Å². The molecule has 1 aromatic heterocycles. The molecule has 0 saturated carbocycles. The van der Waals surface area contributed by atoms with E-state index in [1.165, 1.54) is 6.07 Å². The van der Waals surface area contributed by atoms with E-state index < -0.39 is 19.1 Å². The monoisotopic (exact) mass is 246 g/mol. The Morgan fingerprint density at radius 2 is 2.18 bits per heavy atom. The first-order valence-electron chi connectivity index (χ1n) is 5.33. The summed E-state index contributed by atoms with van der Waals surface area (Å²) < 4.78 is 25.6. The number of halogens is 2. The van der Waals surface area contributed by atoms with Crippen LogP contribution in [0.1, 0.15) is 19.2 Å². The van der Waals surface area contributed by atoms with Gasteiger partial charge >= 0.3 is 0 Å². The number of aromatic nitrogens is 2. The molecule has 1 aromatic rings. The van der Waals surface area contributed by atoms with Crippen LogP contribution in [0.5, 0.6) is 0 Å². The highest BCUT2D eigenvalue weighted by molar-refractivity contribution is 5.44. The first kappa shape index (κ1) is 13.6. The quantitative estimate of drug-likeness (QED) is 0.698. The molecule has 0 spiro atoms. The number of aryl methyl sites for hydroxylation is 1.